The molecule has 14 heavy (non-hydrogen) atoms. The van der Waals surface area contributed by atoms with Crippen molar-refractivity contribution in [3.05, 3.63) is 34.6 Å². The third kappa shape index (κ3) is 1.77. The van der Waals surface area contributed by atoms with E-state index in [-0.39, 0.29) is 5.92 Å². The van der Waals surface area contributed by atoms with Crippen molar-refractivity contribution in [1.29, 1.82) is 0 Å². The highest BCUT2D eigenvalue weighted by molar-refractivity contribution is 6.30. The van der Waals surface area contributed by atoms with Crippen molar-refractivity contribution in [3.8, 4) is 0 Å². The van der Waals surface area contributed by atoms with Crippen molar-refractivity contribution in [2.24, 2.45) is 5.92 Å². The van der Waals surface area contributed by atoms with Gasteiger partial charge in [-0.1, -0.05) is 11.6 Å². The second-order valence-electron chi connectivity index (χ2n) is 4.08. The summed E-state index contributed by atoms with van der Waals surface area (Å²) >= 11 is 5.73. The highest BCUT2D eigenvalue weighted by atomic mass is 35.5. The molecule has 0 heterocycles. The van der Waals surface area contributed by atoms with Gasteiger partial charge in [-0.05, 0) is 49.4 Å². The Kier molecular flexibility index (Phi) is 2.28. The van der Waals surface area contributed by atoms with E-state index in [0.29, 0.717) is 10.6 Å². The molecule has 2 rings (SSSR count). The van der Waals surface area contributed by atoms with E-state index < -0.39 is 11.4 Å². The zero-order valence-corrected chi connectivity index (χ0v) is 8.68. The molecule has 1 nitrogen and oxygen atoms in total. The number of halogens is 2. The molecule has 0 spiro atoms. The summed E-state index contributed by atoms with van der Waals surface area (Å²) < 4.78 is 13.0. The number of aliphatic hydroxyl groups is 1. The Hall–Kier alpha value is -0.600. The van der Waals surface area contributed by atoms with Gasteiger partial charge in [0.05, 0.1) is 5.60 Å². The van der Waals surface area contributed by atoms with Crippen LogP contribution in [0.25, 0.3) is 0 Å². The highest BCUT2D eigenvalue weighted by Crippen LogP contribution is 2.45. The third-order valence-corrected chi connectivity index (χ3v) is 3.04. The lowest BCUT2D eigenvalue weighted by molar-refractivity contribution is 0.0328. The van der Waals surface area contributed by atoms with Gasteiger partial charge in [0.15, 0.2) is 0 Å². The van der Waals surface area contributed by atoms with Gasteiger partial charge in [-0.2, -0.15) is 0 Å². The third-order valence-electron chi connectivity index (χ3n) is 2.82. The summed E-state index contributed by atoms with van der Waals surface area (Å²) in [5, 5.41) is 10.5. The van der Waals surface area contributed by atoms with Gasteiger partial charge in [0.25, 0.3) is 0 Å². The Morgan fingerprint density at radius 3 is 2.57 bits per heavy atom. The minimum atomic E-state index is -0.939. The van der Waals surface area contributed by atoms with Crippen LogP contribution in [-0.4, -0.2) is 5.11 Å². The average molecular weight is 215 g/mol. The minimum absolute atomic E-state index is 0.250. The van der Waals surface area contributed by atoms with Gasteiger partial charge < -0.3 is 5.11 Å². The van der Waals surface area contributed by atoms with Crippen LogP contribution < -0.4 is 0 Å². The van der Waals surface area contributed by atoms with Crippen molar-refractivity contribution < 1.29 is 9.50 Å². The molecule has 1 aliphatic carbocycles. The Labute approximate surface area is 87.5 Å². The van der Waals surface area contributed by atoms with Crippen LogP contribution in [0.5, 0.6) is 0 Å². The van der Waals surface area contributed by atoms with Crippen LogP contribution in [-0.2, 0) is 5.60 Å². The lowest BCUT2D eigenvalue weighted by Crippen LogP contribution is -2.23. The Balaban J connectivity index is 2.39. The smallest absolute Gasteiger partial charge is 0.125 e. The SMILES string of the molecule is CC(O)(c1cc(F)cc(Cl)c1)C1CC1. The summed E-state index contributed by atoms with van der Waals surface area (Å²) in [6.45, 7) is 1.72. The molecule has 1 N–H and O–H groups in total. The van der Waals surface area contributed by atoms with Gasteiger partial charge in [0.2, 0.25) is 0 Å². The maximum absolute atomic E-state index is 13.0. The van der Waals surface area contributed by atoms with Crippen molar-refractivity contribution >= 4 is 11.6 Å². The van der Waals surface area contributed by atoms with Gasteiger partial charge in [-0.25, -0.2) is 4.39 Å². The van der Waals surface area contributed by atoms with Crippen LogP contribution in [0.4, 0.5) is 4.39 Å². The second-order valence-corrected chi connectivity index (χ2v) is 4.52. The molecule has 0 amide bonds. The van der Waals surface area contributed by atoms with E-state index in [1.807, 2.05) is 0 Å². The Morgan fingerprint density at radius 1 is 1.43 bits per heavy atom. The van der Waals surface area contributed by atoms with E-state index in [2.05, 4.69) is 0 Å². The predicted molar refractivity (Wildman–Crippen MR) is 53.7 cm³/mol. The van der Waals surface area contributed by atoms with E-state index in [0.717, 1.165) is 12.8 Å². The number of benzene rings is 1. The lowest BCUT2D eigenvalue weighted by atomic mass is 9.91. The van der Waals surface area contributed by atoms with Crippen LogP contribution in [0, 0.1) is 11.7 Å². The molecule has 1 aromatic rings. The molecule has 1 unspecified atom stereocenters. The van der Waals surface area contributed by atoms with Crippen molar-refractivity contribution in [2.45, 2.75) is 25.4 Å². The van der Waals surface area contributed by atoms with E-state index in [1.165, 1.54) is 12.1 Å². The van der Waals surface area contributed by atoms with E-state index in [1.54, 1.807) is 13.0 Å². The summed E-state index contributed by atoms with van der Waals surface area (Å²) in [6.07, 6.45) is 2.00. The Bertz CT molecular complexity index is 338. The average Bonchev–Trinajstić information content (AvgIpc) is 2.83. The molecular weight excluding hydrogens is 203 g/mol. The fraction of sp³-hybridized carbons (Fsp3) is 0.455. The molecule has 1 atom stereocenters. The first-order chi connectivity index (χ1) is 6.50. The van der Waals surface area contributed by atoms with Crippen LogP contribution in [0.3, 0.4) is 0 Å². The minimum Gasteiger partial charge on any atom is -0.385 e. The quantitative estimate of drug-likeness (QED) is 0.802. The molecule has 0 radical (unpaired) electrons. The van der Waals surface area contributed by atoms with Gasteiger partial charge in [0, 0.05) is 5.02 Å². The molecule has 1 aromatic carbocycles. The first kappa shape index (κ1) is 9.94. The predicted octanol–water partition coefficient (Wildman–Crippen LogP) is 3.10. The van der Waals surface area contributed by atoms with Crippen LogP contribution in [0.2, 0.25) is 5.02 Å². The maximum atomic E-state index is 13.0. The van der Waals surface area contributed by atoms with Crippen molar-refractivity contribution in [3.63, 3.8) is 0 Å². The van der Waals surface area contributed by atoms with E-state index in [4.69, 9.17) is 11.6 Å². The van der Waals surface area contributed by atoms with E-state index in [9.17, 15) is 9.50 Å². The van der Waals surface area contributed by atoms with Crippen LogP contribution in [0.15, 0.2) is 18.2 Å². The lowest BCUT2D eigenvalue weighted by Gasteiger charge is -2.23. The first-order valence-electron chi connectivity index (χ1n) is 4.69. The van der Waals surface area contributed by atoms with Crippen LogP contribution >= 0.6 is 11.6 Å². The molecule has 1 fully saturated rings. The standard InChI is InChI=1S/C11H12ClFO/c1-11(14,7-2-3-7)8-4-9(12)6-10(13)5-8/h4-7,14H,2-3H2,1H3. The first-order valence-corrected chi connectivity index (χ1v) is 5.07. The number of hydrogen-bond donors (Lipinski definition) is 1. The summed E-state index contributed by atoms with van der Waals surface area (Å²) in [5.41, 5.74) is -0.365. The molecule has 76 valence electrons. The topological polar surface area (TPSA) is 20.2 Å². The monoisotopic (exact) mass is 214 g/mol. The summed E-state index contributed by atoms with van der Waals surface area (Å²) in [7, 11) is 0. The number of rotatable bonds is 2. The summed E-state index contributed by atoms with van der Waals surface area (Å²) in [4.78, 5) is 0. The van der Waals surface area contributed by atoms with Gasteiger partial charge in [0.1, 0.15) is 5.82 Å². The zero-order valence-electron chi connectivity index (χ0n) is 7.93. The van der Waals surface area contributed by atoms with Gasteiger partial charge >= 0.3 is 0 Å². The molecule has 0 aliphatic heterocycles. The van der Waals surface area contributed by atoms with Crippen molar-refractivity contribution in [1.82, 2.24) is 0 Å². The molecule has 1 saturated carbocycles. The highest BCUT2D eigenvalue weighted by Gasteiger charge is 2.41. The number of hydrogen-bond acceptors (Lipinski definition) is 1. The maximum Gasteiger partial charge on any atom is 0.125 e. The fourth-order valence-electron chi connectivity index (χ4n) is 1.73. The molecule has 3 heteroatoms. The van der Waals surface area contributed by atoms with Crippen LogP contribution in [0.1, 0.15) is 25.3 Å². The molecule has 0 aromatic heterocycles. The fourth-order valence-corrected chi connectivity index (χ4v) is 1.95. The van der Waals surface area contributed by atoms with Crippen molar-refractivity contribution in [2.75, 3.05) is 0 Å². The molecule has 1 aliphatic rings. The van der Waals surface area contributed by atoms with Gasteiger partial charge in [-0.3, -0.25) is 0 Å². The molecular formula is C11H12ClFO. The van der Waals surface area contributed by atoms with E-state index >= 15 is 0 Å². The summed E-state index contributed by atoms with van der Waals surface area (Å²) in [6, 6.07) is 4.22. The molecule has 0 saturated heterocycles. The normalized spacial score (nSPS) is 20.6. The summed E-state index contributed by atoms with van der Waals surface area (Å²) in [5.74, 6) is -0.145. The van der Waals surface area contributed by atoms with Gasteiger partial charge in [-0.15, -0.1) is 0 Å². The largest absolute Gasteiger partial charge is 0.385 e. The zero-order chi connectivity index (χ0) is 10.3. The Morgan fingerprint density at radius 2 is 2.07 bits per heavy atom. The second kappa shape index (κ2) is 3.21. The molecule has 0 bridgehead atoms.